The molecule has 3 amide bonds. The molecule has 30 heavy (non-hydrogen) atoms. The standard InChI is InChI=1S/C22H19FN2O5/c1-30-22(29)13-8-10-24(11-9-13)19(26)14-2-7-17-18(12-14)21(28)25(20(17)27)16-5-3-15(23)4-6-16/h2-7,12-13H,8-11H2,1H3. The lowest BCUT2D eigenvalue weighted by Crippen LogP contribution is -2.40. The summed E-state index contributed by atoms with van der Waals surface area (Å²) in [6, 6.07) is 9.47. The third-order valence-electron chi connectivity index (χ3n) is 5.54. The molecule has 0 bridgehead atoms. The minimum Gasteiger partial charge on any atom is -0.469 e. The minimum absolute atomic E-state index is 0.139. The molecule has 7 nitrogen and oxygen atoms in total. The van der Waals surface area contributed by atoms with Gasteiger partial charge in [-0.05, 0) is 55.3 Å². The summed E-state index contributed by atoms with van der Waals surface area (Å²) < 4.78 is 17.9. The Morgan fingerprint density at radius 2 is 1.60 bits per heavy atom. The molecule has 2 aliphatic heterocycles. The van der Waals surface area contributed by atoms with Crippen LogP contribution in [0.2, 0.25) is 0 Å². The first-order valence-electron chi connectivity index (χ1n) is 9.56. The van der Waals surface area contributed by atoms with Gasteiger partial charge in [-0.3, -0.25) is 19.2 Å². The number of anilines is 1. The predicted molar refractivity (Wildman–Crippen MR) is 105 cm³/mol. The molecule has 0 atom stereocenters. The summed E-state index contributed by atoms with van der Waals surface area (Å²) in [7, 11) is 1.35. The number of benzene rings is 2. The molecule has 1 saturated heterocycles. The highest BCUT2D eigenvalue weighted by atomic mass is 19.1. The van der Waals surface area contributed by atoms with Gasteiger partial charge in [-0.1, -0.05) is 0 Å². The number of piperidine rings is 1. The van der Waals surface area contributed by atoms with Gasteiger partial charge in [0.25, 0.3) is 17.7 Å². The molecule has 0 radical (unpaired) electrons. The van der Waals surface area contributed by atoms with E-state index in [1.54, 1.807) is 4.90 Å². The Morgan fingerprint density at radius 3 is 2.23 bits per heavy atom. The Balaban J connectivity index is 1.54. The number of amides is 3. The van der Waals surface area contributed by atoms with E-state index in [0.29, 0.717) is 31.5 Å². The van der Waals surface area contributed by atoms with Gasteiger partial charge in [-0.15, -0.1) is 0 Å². The van der Waals surface area contributed by atoms with E-state index in [9.17, 15) is 23.6 Å². The molecule has 2 heterocycles. The number of likely N-dealkylation sites (tertiary alicyclic amines) is 1. The van der Waals surface area contributed by atoms with Gasteiger partial charge in [-0.2, -0.15) is 0 Å². The lowest BCUT2D eigenvalue weighted by Gasteiger charge is -2.30. The molecule has 0 N–H and O–H groups in total. The van der Waals surface area contributed by atoms with Gasteiger partial charge in [0.15, 0.2) is 0 Å². The first-order chi connectivity index (χ1) is 14.4. The van der Waals surface area contributed by atoms with Crippen LogP contribution in [0.4, 0.5) is 10.1 Å². The topological polar surface area (TPSA) is 84.0 Å². The zero-order chi connectivity index (χ0) is 21.4. The number of methoxy groups -OCH3 is 1. The van der Waals surface area contributed by atoms with E-state index in [4.69, 9.17) is 4.74 Å². The number of carbonyl (C=O) groups is 4. The Morgan fingerprint density at radius 1 is 0.967 bits per heavy atom. The molecule has 2 aromatic carbocycles. The average molecular weight is 410 g/mol. The lowest BCUT2D eigenvalue weighted by atomic mass is 9.96. The maximum Gasteiger partial charge on any atom is 0.308 e. The maximum absolute atomic E-state index is 13.2. The highest BCUT2D eigenvalue weighted by molar-refractivity contribution is 6.34. The summed E-state index contributed by atoms with van der Waals surface area (Å²) >= 11 is 0. The van der Waals surface area contributed by atoms with Crippen LogP contribution in [0.3, 0.4) is 0 Å². The van der Waals surface area contributed by atoms with Crippen molar-refractivity contribution in [2.24, 2.45) is 5.92 Å². The Kier molecular flexibility index (Phi) is 5.07. The van der Waals surface area contributed by atoms with Crippen molar-refractivity contribution in [2.75, 3.05) is 25.1 Å². The largest absolute Gasteiger partial charge is 0.469 e. The van der Waals surface area contributed by atoms with Gasteiger partial charge >= 0.3 is 5.97 Å². The Labute approximate surface area is 172 Å². The number of rotatable bonds is 3. The number of carbonyl (C=O) groups excluding carboxylic acids is 4. The van der Waals surface area contributed by atoms with E-state index in [1.165, 1.54) is 49.6 Å². The molecule has 0 aliphatic carbocycles. The van der Waals surface area contributed by atoms with E-state index in [1.807, 2.05) is 0 Å². The smallest absolute Gasteiger partial charge is 0.308 e. The number of hydrogen-bond acceptors (Lipinski definition) is 5. The molecular formula is C22H19FN2O5. The molecule has 2 aromatic rings. The zero-order valence-corrected chi connectivity index (χ0v) is 16.3. The van der Waals surface area contributed by atoms with E-state index in [0.717, 1.165) is 4.90 Å². The van der Waals surface area contributed by atoms with Crippen LogP contribution in [0.25, 0.3) is 0 Å². The highest BCUT2D eigenvalue weighted by Crippen LogP contribution is 2.30. The predicted octanol–water partition coefficient (Wildman–Crippen LogP) is 2.65. The molecule has 0 saturated carbocycles. The number of nitrogens with zero attached hydrogens (tertiary/aromatic N) is 2. The van der Waals surface area contributed by atoms with Crippen LogP contribution < -0.4 is 4.90 Å². The van der Waals surface area contributed by atoms with E-state index < -0.39 is 17.6 Å². The third kappa shape index (κ3) is 3.34. The number of ether oxygens (including phenoxy) is 1. The van der Waals surface area contributed by atoms with Crippen molar-refractivity contribution in [3.05, 3.63) is 65.0 Å². The van der Waals surface area contributed by atoms with Crippen LogP contribution in [0.15, 0.2) is 42.5 Å². The number of halogens is 1. The van der Waals surface area contributed by atoms with Crippen LogP contribution in [0, 0.1) is 11.7 Å². The van der Waals surface area contributed by atoms with E-state index in [-0.39, 0.29) is 34.6 Å². The summed E-state index contributed by atoms with van der Waals surface area (Å²) in [6.45, 7) is 0.814. The summed E-state index contributed by atoms with van der Waals surface area (Å²) in [4.78, 5) is 52.6. The highest BCUT2D eigenvalue weighted by Gasteiger charge is 2.37. The summed E-state index contributed by atoms with van der Waals surface area (Å²) in [5.74, 6) is -2.30. The van der Waals surface area contributed by atoms with Gasteiger partial charge in [0.1, 0.15) is 5.82 Å². The summed E-state index contributed by atoms with van der Waals surface area (Å²) in [5, 5.41) is 0. The first kappa shape index (κ1) is 19.8. The van der Waals surface area contributed by atoms with Crippen molar-refractivity contribution in [3.8, 4) is 0 Å². The Bertz CT molecular complexity index is 1040. The van der Waals surface area contributed by atoms with Crippen molar-refractivity contribution >= 4 is 29.4 Å². The molecule has 154 valence electrons. The SMILES string of the molecule is COC(=O)C1CCN(C(=O)c2ccc3c(c2)C(=O)N(c2ccc(F)cc2)C3=O)CC1. The molecule has 2 aliphatic rings. The lowest BCUT2D eigenvalue weighted by molar-refractivity contribution is -0.146. The second-order valence-corrected chi connectivity index (χ2v) is 7.27. The fraction of sp³-hybridized carbons (Fsp3) is 0.273. The third-order valence-corrected chi connectivity index (χ3v) is 5.54. The van der Waals surface area contributed by atoms with E-state index >= 15 is 0 Å². The van der Waals surface area contributed by atoms with Crippen LogP contribution in [-0.4, -0.2) is 48.8 Å². The molecule has 1 fully saturated rings. The second kappa shape index (κ2) is 7.70. The molecule has 0 unspecified atom stereocenters. The summed E-state index contributed by atoms with van der Waals surface area (Å²) in [5.41, 5.74) is 0.901. The maximum atomic E-state index is 13.2. The number of esters is 1. The average Bonchev–Trinajstić information content (AvgIpc) is 3.03. The quantitative estimate of drug-likeness (QED) is 0.574. The fourth-order valence-electron chi connectivity index (χ4n) is 3.87. The van der Waals surface area contributed by atoms with Crippen LogP contribution in [-0.2, 0) is 9.53 Å². The van der Waals surface area contributed by atoms with Crippen molar-refractivity contribution < 1.29 is 28.3 Å². The molecule has 0 aromatic heterocycles. The van der Waals surface area contributed by atoms with E-state index in [2.05, 4.69) is 0 Å². The van der Waals surface area contributed by atoms with Crippen LogP contribution in [0.5, 0.6) is 0 Å². The normalized spacial score (nSPS) is 16.6. The van der Waals surface area contributed by atoms with Gasteiger partial charge in [-0.25, -0.2) is 9.29 Å². The van der Waals surface area contributed by atoms with Crippen molar-refractivity contribution in [3.63, 3.8) is 0 Å². The van der Waals surface area contributed by atoms with Crippen molar-refractivity contribution in [2.45, 2.75) is 12.8 Å². The monoisotopic (exact) mass is 410 g/mol. The zero-order valence-electron chi connectivity index (χ0n) is 16.3. The van der Waals surface area contributed by atoms with Gasteiger partial charge in [0, 0.05) is 18.7 Å². The minimum atomic E-state index is -0.555. The fourth-order valence-corrected chi connectivity index (χ4v) is 3.87. The van der Waals surface area contributed by atoms with Crippen molar-refractivity contribution in [1.82, 2.24) is 4.90 Å². The van der Waals surface area contributed by atoms with Gasteiger partial charge < -0.3 is 9.64 Å². The van der Waals surface area contributed by atoms with Gasteiger partial charge in [0.05, 0.1) is 29.8 Å². The number of hydrogen-bond donors (Lipinski definition) is 0. The number of imide groups is 1. The second-order valence-electron chi connectivity index (χ2n) is 7.27. The molecular weight excluding hydrogens is 391 g/mol. The number of fused-ring (bicyclic) bond motifs is 1. The van der Waals surface area contributed by atoms with Crippen LogP contribution >= 0.6 is 0 Å². The van der Waals surface area contributed by atoms with Crippen LogP contribution in [0.1, 0.15) is 43.9 Å². The van der Waals surface area contributed by atoms with Gasteiger partial charge in [0.2, 0.25) is 0 Å². The molecule has 4 rings (SSSR count). The molecule has 0 spiro atoms. The molecule has 8 heteroatoms. The summed E-state index contributed by atoms with van der Waals surface area (Å²) in [6.07, 6.45) is 1.03. The van der Waals surface area contributed by atoms with Crippen molar-refractivity contribution in [1.29, 1.82) is 0 Å². The first-order valence-corrected chi connectivity index (χ1v) is 9.56. The Hall–Kier alpha value is -3.55.